The first kappa shape index (κ1) is 25.1. The van der Waals surface area contributed by atoms with Crippen molar-refractivity contribution in [2.24, 2.45) is 0 Å². The molecule has 0 unspecified atom stereocenters. The molecule has 2 N–H and O–H groups in total. The van der Waals surface area contributed by atoms with Gasteiger partial charge < -0.3 is 10.1 Å². The van der Waals surface area contributed by atoms with Crippen molar-refractivity contribution in [3.8, 4) is 5.75 Å². The van der Waals surface area contributed by atoms with Gasteiger partial charge in [0.15, 0.2) is 0 Å². The maximum Gasteiger partial charge on any atom is 0.311 e. The number of amides is 1. The smallest absolute Gasteiger partial charge is 0.311 e. The van der Waals surface area contributed by atoms with Crippen molar-refractivity contribution in [1.82, 2.24) is 5.32 Å². The van der Waals surface area contributed by atoms with Crippen molar-refractivity contribution in [2.75, 3.05) is 6.54 Å². The Bertz CT molecular complexity index is 715. The summed E-state index contributed by atoms with van der Waals surface area (Å²) < 4.78 is 35.9. The number of nitrogens with one attached hydrogen (secondary N) is 1. The highest BCUT2D eigenvalue weighted by molar-refractivity contribution is 7.85. The lowest BCUT2D eigenvalue weighted by atomic mass is 10.1. The maximum atomic E-state index is 11.8. The van der Waals surface area contributed by atoms with Crippen LogP contribution in [0.25, 0.3) is 0 Å². The lowest BCUT2D eigenvalue weighted by Gasteiger charge is -2.06. The minimum absolute atomic E-state index is 0.0910. The fraction of sp³-hybridized carbons (Fsp3) is 0.619. The van der Waals surface area contributed by atoms with Crippen LogP contribution < -0.4 is 10.1 Å². The summed E-state index contributed by atoms with van der Waals surface area (Å²) in [4.78, 5) is 23.3. The van der Waals surface area contributed by atoms with E-state index in [2.05, 4.69) is 12.2 Å². The van der Waals surface area contributed by atoms with Gasteiger partial charge in [0.05, 0.1) is 4.90 Å². The van der Waals surface area contributed by atoms with Crippen LogP contribution in [0.15, 0.2) is 29.2 Å². The van der Waals surface area contributed by atoms with Crippen molar-refractivity contribution in [3.05, 3.63) is 24.3 Å². The third kappa shape index (κ3) is 12.3. The minimum Gasteiger partial charge on any atom is -0.427 e. The number of carbonyl (C=O) groups excluding carboxylic acids is 2. The van der Waals surface area contributed by atoms with Gasteiger partial charge in [0.1, 0.15) is 5.75 Å². The molecule has 0 spiro atoms. The molecule has 0 saturated heterocycles. The zero-order chi connectivity index (χ0) is 21.5. The molecular formula is C21H33NO6S. The van der Waals surface area contributed by atoms with Crippen molar-refractivity contribution in [1.29, 1.82) is 0 Å². The van der Waals surface area contributed by atoms with Crippen molar-refractivity contribution in [2.45, 2.75) is 82.4 Å². The van der Waals surface area contributed by atoms with Gasteiger partial charge in [0, 0.05) is 19.4 Å². The lowest BCUT2D eigenvalue weighted by Crippen LogP contribution is -2.24. The molecule has 1 amide bonds. The lowest BCUT2D eigenvalue weighted by molar-refractivity contribution is -0.134. The molecule has 0 heterocycles. The fourth-order valence-corrected chi connectivity index (χ4v) is 3.30. The van der Waals surface area contributed by atoms with Gasteiger partial charge in [-0.15, -0.1) is 0 Å². The minimum atomic E-state index is -4.26. The van der Waals surface area contributed by atoms with E-state index in [-0.39, 0.29) is 23.0 Å². The van der Waals surface area contributed by atoms with Crippen LogP contribution in [0.5, 0.6) is 5.75 Å². The number of rotatable bonds is 15. The Morgan fingerprint density at radius 3 is 2.14 bits per heavy atom. The van der Waals surface area contributed by atoms with E-state index >= 15 is 0 Å². The van der Waals surface area contributed by atoms with Crippen LogP contribution in [0.4, 0.5) is 0 Å². The summed E-state index contributed by atoms with van der Waals surface area (Å²) in [7, 11) is -4.26. The average molecular weight is 428 g/mol. The van der Waals surface area contributed by atoms with Crippen LogP contribution in [0.2, 0.25) is 0 Å². The van der Waals surface area contributed by atoms with E-state index in [1.165, 1.54) is 49.9 Å². The Morgan fingerprint density at radius 2 is 1.48 bits per heavy atom. The van der Waals surface area contributed by atoms with Gasteiger partial charge in [0.25, 0.3) is 10.1 Å². The topological polar surface area (TPSA) is 110 Å². The molecule has 0 atom stereocenters. The van der Waals surface area contributed by atoms with Crippen molar-refractivity contribution < 1.29 is 27.3 Å². The number of hydrogen-bond acceptors (Lipinski definition) is 5. The standard InChI is InChI=1S/C21H33NO6S/c1-2-3-4-5-6-8-11-20(23)22-17-10-7-9-12-21(24)28-18-13-15-19(16-14-18)29(25,26)27/h13-16H,2-12,17H2,1H3,(H,22,23)(H,25,26,27). The molecule has 0 radical (unpaired) electrons. The predicted molar refractivity (Wildman–Crippen MR) is 111 cm³/mol. The first-order chi connectivity index (χ1) is 13.8. The molecule has 164 valence electrons. The van der Waals surface area contributed by atoms with Crippen molar-refractivity contribution >= 4 is 22.0 Å². The molecule has 0 aliphatic heterocycles. The first-order valence-electron chi connectivity index (χ1n) is 10.4. The summed E-state index contributed by atoms with van der Waals surface area (Å²) in [6, 6.07) is 4.98. The van der Waals surface area contributed by atoms with E-state index in [4.69, 9.17) is 9.29 Å². The van der Waals surface area contributed by atoms with Gasteiger partial charge in [-0.3, -0.25) is 14.1 Å². The van der Waals surface area contributed by atoms with Gasteiger partial charge in [-0.25, -0.2) is 0 Å². The molecule has 7 nitrogen and oxygen atoms in total. The second-order valence-electron chi connectivity index (χ2n) is 7.10. The second kappa shape index (κ2) is 14.1. The summed E-state index contributed by atoms with van der Waals surface area (Å²) in [5.74, 6) is -0.0886. The number of carbonyl (C=O) groups is 2. The summed E-state index contributed by atoms with van der Waals surface area (Å²) in [6.45, 7) is 2.80. The predicted octanol–water partition coefficient (Wildman–Crippen LogP) is 4.27. The highest BCUT2D eigenvalue weighted by Crippen LogP contribution is 2.16. The van der Waals surface area contributed by atoms with E-state index in [1.807, 2.05) is 0 Å². The van der Waals surface area contributed by atoms with Gasteiger partial charge in [-0.1, -0.05) is 45.4 Å². The second-order valence-corrected chi connectivity index (χ2v) is 8.52. The molecule has 29 heavy (non-hydrogen) atoms. The van der Waals surface area contributed by atoms with E-state index in [9.17, 15) is 18.0 Å². The molecule has 0 saturated carbocycles. The fourth-order valence-electron chi connectivity index (χ4n) is 2.82. The summed E-state index contributed by atoms with van der Waals surface area (Å²) in [5, 5.41) is 2.91. The molecular weight excluding hydrogens is 394 g/mol. The van der Waals surface area contributed by atoms with E-state index in [0.717, 1.165) is 25.7 Å². The van der Waals surface area contributed by atoms with Crippen LogP contribution >= 0.6 is 0 Å². The van der Waals surface area contributed by atoms with Crippen LogP contribution in [0.3, 0.4) is 0 Å². The van der Waals surface area contributed by atoms with Crippen LogP contribution in [-0.4, -0.2) is 31.4 Å². The van der Waals surface area contributed by atoms with Crippen LogP contribution in [-0.2, 0) is 19.7 Å². The largest absolute Gasteiger partial charge is 0.427 e. The highest BCUT2D eigenvalue weighted by Gasteiger charge is 2.10. The zero-order valence-electron chi connectivity index (χ0n) is 17.2. The molecule has 0 aliphatic rings. The van der Waals surface area contributed by atoms with E-state index in [0.29, 0.717) is 19.4 Å². The number of unbranched alkanes of at least 4 members (excludes halogenated alkanes) is 7. The molecule has 1 rings (SSSR count). The first-order valence-corrected chi connectivity index (χ1v) is 11.8. The summed E-state index contributed by atoms with van der Waals surface area (Å²) in [6.07, 6.45) is 10.0. The SMILES string of the molecule is CCCCCCCCC(=O)NCCCCCC(=O)Oc1ccc(S(=O)(=O)O)cc1. The van der Waals surface area contributed by atoms with E-state index < -0.39 is 16.1 Å². The average Bonchev–Trinajstić information content (AvgIpc) is 2.67. The Labute approximate surface area is 174 Å². The molecule has 0 aliphatic carbocycles. The number of benzene rings is 1. The monoisotopic (exact) mass is 427 g/mol. The Balaban J connectivity index is 2.05. The van der Waals surface area contributed by atoms with Crippen molar-refractivity contribution in [3.63, 3.8) is 0 Å². The van der Waals surface area contributed by atoms with E-state index in [1.54, 1.807) is 0 Å². The Kier molecular flexibility index (Phi) is 12.2. The summed E-state index contributed by atoms with van der Waals surface area (Å²) in [5.41, 5.74) is 0. The Morgan fingerprint density at radius 1 is 0.897 bits per heavy atom. The number of hydrogen-bond donors (Lipinski definition) is 2. The summed E-state index contributed by atoms with van der Waals surface area (Å²) >= 11 is 0. The molecule has 1 aromatic rings. The molecule has 8 heteroatoms. The Hall–Kier alpha value is -1.93. The maximum absolute atomic E-state index is 11.8. The van der Waals surface area contributed by atoms with Crippen LogP contribution in [0.1, 0.15) is 77.6 Å². The zero-order valence-corrected chi connectivity index (χ0v) is 18.0. The third-order valence-electron chi connectivity index (χ3n) is 4.49. The molecule has 1 aromatic carbocycles. The molecule has 0 fully saturated rings. The number of esters is 1. The quantitative estimate of drug-likeness (QED) is 0.187. The molecule has 0 bridgehead atoms. The normalized spacial score (nSPS) is 11.2. The van der Waals surface area contributed by atoms with Gasteiger partial charge in [0.2, 0.25) is 5.91 Å². The number of ether oxygens (including phenoxy) is 1. The van der Waals surface area contributed by atoms with Gasteiger partial charge >= 0.3 is 5.97 Å². The molecule has 0 aromatic heterocycles. The van der Waals surface area contributed by atoms with Gasteiger partial charge in [-0.05, 0) is 43.5 Å². The third-order valence-corrected chi connectivity index (χ3v) is 5.36. The van der Waals surface area contributed by atoms with Crippen LogP contribution in [0, 0.1) is 0 Å². The van der Waals surface area contributed by atoms with Gasteiger partial charge in [-0.2, -0.15) is 8.42 Å². The highest BCUT2D eigenvalue weighted by atomic mass is 32.2.